The zero-order valence-corrected chi connectivity index (χ0v) is 11.7. The molecule has 0 aliphatic heterocycles. The highest BCUT2D eigenvalue weighted by Crippen LogP contribution is 2.12. The number of rotatable bonds is 7. The van der Waals surface area contributed by atoms with Crippen molar-refractivity contribution in [3.8, 4) is 5.75 Å². The van der Waals surface area contributed by atoms with E-state index in [1.807, 2.05) is 24.3 Å². The predicted molar refractivity (Wildman–Crippen MR) is 74.9 cm³/mol. The van der Waals surface area contributed by atoms with Gasteiger partial charge in [0, 0.05) is 6.54 Å². The Hall–Kier alpha value is -2.24. The molecule has 0 saturated carbocycles. The van der Waals surface area contributed by atoms with Gasteiger partial charge in [-0.15, -0.1) is 0 Å². The van der Waals surface area contributed by atoms with E-state index in [0.717, 1.165) is 24.2 Å². The van der Waals surface area contributed by atoms with Gasteiger partial charge in [0.15, 0.2) is 0 Å². The molecule has 0 aliphatic rings. The van der Waals surface area contributed by atoms with Crippen molar-refractivity contribution in [1.29, 1.82) is 0 Å². The second-order valence-corrected chi connectivity index (χ2v) is 4.41. The maximum absolute atomic E-state index is 11.5. The van der Waals surface area contributed by atoms with Crippen molar-refractivity contribution in [3.63, 3.8) is 0 Å². The number of carbonyl (C=O) groups excluding carboxylic acids is 1. The van der Waals surface area contributed by atoms with Gasteiger partial charge in [-0.25, -0.2) is 4.79 Å². The van der Waals surface area contributed by atoms with Crippen molar-refractivity contribution in [2.24, 2.45) is 0 Å². The number of ether oxygens (including phenoxy) is 1. The predicted octanol–water partition coefficient (Wildman–Crippen LogP) is 1.40. The summed E-state index contributed by atoms with van der Waals surface area (Å²) >= 11 is 0. The molecule has 1 aromatic carbocycles. The summed E-state index contributed by atoms with van der Waals surface area (Å²) in [7, 11) is 1.62. The zero-order chi connectivity index (χ0) is 15.0. The molecular formula is C14H20N2O4. The summed E-state index contributed by atoms with van der Waals surface area (Å²) in [4.78, 5) is 21.9. The van der Waals surface area contributed by atoms with Crippen molar-refractivity contribution in [2.75, 3.05) is 13.7 Å². The lowest BCUT2D eigenvalue weighted by atomic mass is 10.1. The van der Waals surface area contributed by atoms with Gasteiger partial charge in [0.2, 0.25) is 5.91 Å². The van der Waals surface area contributed by atoms with Gasteiger partial charge < -0.3 is 20.5 Å². The first-order valence-electron chi connectivity index (χ1n) is 6.43. The van der Waals surface area contributed by atoms with E-state index in [1.54, 1.807) is 7.11 Å². The summed E-state index contributed by atoms with van der Waals surface area (Å²) in [5, 5.41) is 13.3. The third-order valence-corrected chi connectivity index (χ3v) is 2.83. The van der Waals surface area contributed by atoms with Gasteiger partial charge in [0.25, 0.3) is 0 Å². The smallest absolute Gasteiger partial charge is 0.405 e. The Labute approximate surface area is 118 Å². The molecule has 0 unspecified atom stereocenters. The fourth-order valence-corrected chi connectivity index (χ4v) is 1.70. The van der Waals surface area contributed by atoms with Crippen LogP contribution in [0.25, 0.3) is 0 Å². The average Bonchev–Trinajstić information content (AvgIpc) is 2.43. The molecule has 0 radical (unpaired) electrons. The Morgan fingerprint density at radius 2 is 1.95 bits per heavy atom. The minimum atomic E-state index is -1.20. The van der Waals surface area contributed by atoms with Crippen LogP contribution >= 0.6 is 0 Å². The lowest BCUT2D eigenvalue weighted by Crippen LogP contribution is -2.44. The van der Waals surface area contributed by atoms with E-state index in [9.17, 15) is 9.59 Å². The average molecular weight is 280 g/mol. The van der Waals surface area contributed by atoms with E-state index in [2.05, 4.69) is 10.6 Å². The summed E-state index contributed by atoms with van der Waals surface area (Å²) in [5.74, 6) is 0.498. The van der Waals surface area contributed by atoms with E-state index in [1.165, 1.54) is 6.92 Å². The molecule has 1 rings (SSSR count). The highest BCUT2D eigenvalue weighted by Gasteiger charge is 2.13. The SMILES string of the molecule is COc1ccc(CCCNC(=O)[C@@H](C)NC(=O)O)cc1. The fraction of sp³-hybridized carbons (Fsp3) is 0.429. The Morgan fingerprint density at radius 1 is 1.30 bits per heavy atom. The van der Waals surface area contributed by atoms with Gasteiger partial charge in [0.05, 0.1) is 7.11 Å². The molecule has 3 N–H and O–H groups in total. The lowest BCUT2D eigenvalue weighted by molar-refractivity contribution is -0.122. The molecule has 110 valence electrons. The fourth-order valence-electron chi connectivity index (χ4n) is 1.70. The molecule has 20 heavy (non-hydrogen) atoms. The second kappa shape index (κ2) is 8.04. The number of hydrogen-bond donors (Lipinski definition) is 3. The van der Waals surface area contributed by atoms with Crippen LogP contribution in [0.1, 0.15) is 18.9 Å². The summed E-state index contributed by atoms with van der Waals surface area (Å²) in [6.45, 7) is 2.02. The van der Waals surface area contributed by atoms with Crippen molar-refractivity contribution < 1.29 is 19.4 Å². The first-order valence-corrected chi connectivity index (χ1v) is 6.43. The third kappa shape index (κ3) is 5.60. The Balaban J connectivity index is 2.23. The van der Waals surface area contributed by atoms with Gasteiger partial charge in [0.1, 0.15) is 11.8 Å². The third-order valence-electron chi connectivity index (χ3n) is 2.83. The largest absolute Gasteiger partial charge is 0.497 e. The van der Waals surface area contributed by atoms with E-state index in [-0.39, 0.29) is 5.91 Å². The maximum Gasteiger partial charge on any atom is 0.405 e. The molecule has 0 fully saturated rings. The Kier molecular flexibility index (Phi) is 6.36. The molecule has 0 heterocycles. The number of carbonyl (C=O) groups is 2. The van der Waals surface area contributed by atoms with Crippen LogP contribution in [0.3, 0.4) is 0 Å². The highest BCUT2D eigenvalue weighted by molar-refractivity contribution is 5.84. The van der Waals surface area contributed by atoms with Crippen LogP contribution in [0.4, 0.5) is 4.79 Å². The van der Waals surface area contributed by atoms with Gasteiger partial charge in [-0.1, -0.05) is 12.1 Å². The summed E-state index contributed by atoms with van der Waals surface area (Å²) in [6, 6.07) is 7.01. The molecule has 1 aromatic rings. The van der Waals surface area contributed by atoms with Gasteiger partial charge >= 0.3 is 6.09 Å². The standard InChI is InChI=1S/C14H20N2O4/c1-10(16-14(18)19)13(17)15-9-3-4-11-5-7-12(20-2)8-6-11/h5-8,10,16H,3-4,9H2,1-2H3,(H,15,17)(H,18,19)/t10-/m1/s1. The monoisotopic (exact) mass is 280 g/mol. The molecule has 6 heteroatoms. The van der Waals surface area contributed by atoms with Crippen LogP contribution in [0.5, 0.6) is 5.75 Å². The summed E-state index contributed by atoms with van der Waals surface area (Å²) in [6.07, 6.45) is 0.425. The van der Waals surface area contributed by atoms with E-state index in [0.29, 0.717) is 6.54 Å². The number of methoxy groups -OCH3 is 1. The van der Waals surface area contributed by atoms with E-state index in [4.69, 9.17) is 9.84 Å². The van der Waals surface area contributed by atoms with Crippen LogP contribution in [0.15, 0.2) is 24.3 Å². The summed E-state index contributed by atoms with van der Waals surface area (Å²) < 4.78 is 5.07. The lowest BCUT2D eigenvalue weighted by Gasteiger charge is -2.11. The zero-order valence-electron chi connectivity index (χ0n) is 11.7. The number of aryl methyl sites for hydroxylation is 1. The van der Waals surface area contributed by atoms with Crippen LogP contribution < -0.4 is 15.4 Å². The molecule has 2 amide bonds. The molecule has 0 aliphatic carbocycles. The van der Waals surface area contributed by atoms with Crippen LogP contribution in [0.2, 0.25) is 0 Å². The quantitative estimate of drug-likeness (QED) is 0.659. The van der Waals surface area contributed by atoms with E-state index < -0.39 is 12.1 Å². The molecule has 0 saturated heterocycles. The van der Waals surface area contributed by atoms with Crippen molar-refractivity contribution >= 4 is 12.0 Å². The van der Waals surface area contributed by atoms with Crippen molar-refractivity contribution in [3.05, 3.63) is 29.8 Å². The number of amides is 2. The summed E-state index contributed by atoms with van der Waals surface area (Å²) in [5.41, 5.74) is 1.16. The van der Waals surface area contributed by atoms with Gasteiger partial charge in [-0.05, 0) is 37.5 Å². The first kappa shape index (κ1) is 15.8. The van der Waals surface area contributed by atoms with Crippen LogP contribution in [-0.2, 0) is 11.2 Å². The molecule has 0 bridgehead atoms. The first-order chi connectivity index (χ1) is 9.52. The molecule has 0 spiro atoms. The van der Waals surface area contributed by atoms with Gasteiger partial charge in [-0.3, -0.25) is 4.79 Å². The van der Waals surface area contributed by atoms with Crippen molar-refractivity contribution in [1.82, 2.24) is 10.6 Å². The number of benzene rings is 1. The molecule has 1 atom stereocenters. The number of hydrogen-bond acceptors (Lipinski definition) is 3. The van der Waals surface area contributed by atoms with Gasteiger partial charge in [-0.2, -0.15) is 0 Å². The number of nitrogens with one attached hydrogen (secondary N) is 2. The van der Waals surface area contributed by atoms with E-state index >= 15 is 0 Å². The molecular weight excluding hydrogens is 260 g/mol. The number of carboxylic acid groups (broad SMARTS) is 1. The normalized spacial score (nSPS) is 11.5. The molecule has 6 nitrogen and oxygen atoms in total. The van der Waals surface area contributed by atoms with Crippen LogP contribution in [-0.4, -0.2) is 36.8 Å². The Morgan fingerprint density at radius 3 is 2.50 bits per heavy atom. The second-order valence-electron chi connectivity index (χ2n) is 4.41. The topological polar surface area (TPSA) is 87.7 Å². The highest BCUT2D eigenvalue weighted by atomic mass is 16.5. The van der Waals surface area contributed by atoms with Crippen LogP contribution in [0, 0.1) is 0 Å². The molecule has 0 aromatic heterocycles. The maximum atomic E-state index is 11.5. The Bertz CT molecular complexity index is 445. The minimum Gasteiger partial charge on any atom is -0.497 e. The van der Waals surface area contributed by atoms with Crippen molar-refractivity contribution in [2.45, 2.75) is 25.8 Å². The minimum absolute atomic E-state index is 0.317.